The van der Waals surface area contributed by atoms with E-state index in [0.29, 0.717) is 6.42 Å². The Bertz CT molecular complexity index is 271. The van der Waals surface area contributed by atoms with Crippen molar-refractivity contribution in [2.75, 3.05) is 0 Å². The largest absolute Gasteiger partial charge is 0.504 e. The Hall–Kier alpha value is -1.51. The molecular formula is C8H9NO2. The Balaban J connectivity index is 2.95. The van der Waals surface area contributed by atoms with E-state index in [-0.39, 0.29) is 11.5 Å². The van der Waals surface area contributed by atoms with Crippen LogP contribution >= 0.6 is 0 Å². The standard InChI is InChI=1S/C8H9NO2/c9-4-3-6-1-2-7(10)8(11)5-6/h1-2,4-5,9-11H,3H2. The lowest BCUT2D eigenvalue weighted by atomic mass is 10.1. The molecule has 0 bridgehead atoms. The molecule has 0 fully saturated rings. The Morgan fingerprint density at radius 1 is 1.27 bits per heavy atom. The van der Waals surface area contributed by atoms with Crippen LogP contribution in [0.2, 0.25) is 0 Å². The minimum absolute atomic E-state index is 0.126. The first-order valence-corrected chi connectivity index (χ1v) is 3.24. The molecule has 0 aromatic heterocycles. The molecule has 3 nitrogen and oxygen atoms in total. The van der Waals surface area contributed by atoms with Gasteiger partial charge < -0.3 is 15.6 Å². The van der Waals surface area contributed by atoms with Crippen molar-refractivity contribution in [2.24, 2.45) is 0 Å². The molecule has 0 unspecified atom stereocenters. The topological polar surface area (TPSA) is 64.3 Å². The molecule has 58 valence electrons. The summed E-state index contributed by atoms with van der Waals surface area (Å²) in [5, 5.41) is 24.7. The highest BCUT2D eigenvalue weighted by Gasteiger charge is 1.98. The van der Waals surface area contributed by atoms with Gasteiger partial charge in [0.1, 0.15) is 0 Å². The Labute approximate surface area is 64.4 Å². The van der Waals surface area contributed by atoms with Gasteiger partial charge in [-0.2, -0.15) is 0 Å². The van der Waals surface area contributed by atoms with Gasteiger partial charge in [0.05, 0.1) is 0 Å². The maximum Gasteiger partial charge on any atom is 0.157 e. The molecule has 0 aliphatic rings. The van der Waals surface area contributed by atoms with Crippen LogP contribution in [0.3, 0.4) is 0 Å². The van der Waals surface area contributed by atoms with E-state index in [0.717, 1.165) is 5.56 Å². The summed E-state index contributed by atoms with van der Waals surface area (Å²) < 4.78 is 0. The Morgan fingerprint density at radius 2 is 2.00 bits per heavy atom. The summed E-state index contributed by atoms with van der Waals surface area (Å²) >= 11 is 0. The molecule has 1 rings (SSSR count). The van der Waals surface area contributed by atoms with Crippen LogP contribution in [0, 0.1) is 5.41 Å². The van der Waals surface area contributed by atoms with Crippen molar-refractivity contribution in [3.63, 3.8) is 0 Å². The lowest BCUT2D eigenvalue weighted by Gasteiger charge is -1.98. The third-order valence-corrected chi connectivity index (χ3v) is 1.38. The number of nitrogens with one attached hydrogen (secondary N) is 1. The lowest BCUT2D eigenvalue weighted by Crippen LogP contribution is -1.83. The van der Waals surface area contributed by atoms with Crippen molar-refractivity contribution in [2.45, 2.75) is 6.42 Å². The van der Waals surface area contributed by atoms with Gasteiger partial charge in [-0.25, -0.2) is 0 Å². The second kappa shape index (κ2) is 3.05. The predicted octanol–water partition coefficient (Wildman–Crippen LogP) is 1.29. The molecule has 0 atom stereocenters. The number of rotatable bonds is 2. The maximum atomic E-state index is 9.00. The van der Waals surface area contributed by atoms with Crippen LogP contribution in [0.15, 0.2) is 18.2 Å². The SMILES string of the molecule is N=CCc1ccc(O)c(O)c1. The van der Waals surface area contributed by atoms with E-state index in [4.69, 9.17) is 15.6 Å². The van der Waals surface area contributed by atoms with Gasteiger partial charge in [-0.3, -0.25) is 0 Å². The third kappa shape index (κ3) is 1.70. The van der Waals surface area contributed by atoms with E-state index in [2.05, 4.69) is 0 Å². The summed E-state index contributed by atoms with van der Waals surface area (Å²) in [7, 11) is 0. The molecule has 0 aliphatic carbocycles. The highest BCUT2D eigenvalue weighted by atomic mass is 16.3. The molecular weight excluding hydrogens is 142 g/mol. The van der Waals surface area contributed by atoms with E-state index >= 15 is 0 Å². The number of phenols is 2. The van der Waals surface area contributed by atoms with Crippen molar-refractivity contribution in [3.05, 3.63) is 23.8 Å². The summed E-state index contributed by atoms with van der Waals surface area (Å²) in [4.78, 5) is 0. The molecule has 3 heteroatoms. The summed E-state index contributed by atoms with van der Waals surface area (Å²) in [5.74, 6) is -0.261. The fourth-order valence-electron chi connectivity index (χ4n) is 0.814. The summed E-state index contributed by atoms with van der Waals surface area (Å²) in [6, 6.07) is 4.52. The lowest BCUT2D eigenvalue weighted by molar-refractivity contribution is 0.403. The summed E-state index contributed by atoms with van der Waals surface area (Å²) in [5.41, 5.74) is 0.815. The quantitative estimate of drug-likeness (QED) is 0.440. The van der Waals surface area contributed by atoms with E-state index in [1.807, 2.05) is 0 Å². The molecule has 0 radical (unpaired) electrons. The number of phenolic OH excluding ortho intramolecular Hbond substituents is 2. The van der Waals surface area contributed by atoms with Crippen molar-refractivity contribution >= 4 is 6.21 Å². The van der Waals surface area contributed by atoms with Gasteiger partial charge in [0, 0.05) is 6.42 Å². The molecule has 11 heavy (non-hydrogen) atoms. The average molecular weight is 151 g/mol. The molecule has 1 aromatic rings. The second-order valence-electron chi connectivity index (χ2n) is 2.23. The normalized spacial score (nSPS) is 9.45. The minimum atomic E-state index is -0.135. The fraction of sp³-hybridized carbons (Fsp3) is 0.125. The first kappa shape index (κ1) is 7.60. The van der Waals surface area contributed by atoms with Crippen LogP contribution in [0.5, 0.6) is 11.5 Å². The molecule has 0 aliphatic heterocycles. The molecule has 3 N–H and O–H groups in total. The van der Waals surface area contributed by atoms with Crippen LogP contribution in [0.4, 0.5) is 0 Å². The van der Waals surface area contributed by atoms with Crippen molar-refractivity contribution in [3.8, 4) is 11.5 Å². The number of aromatic hydroxyl groups is 2. The summed E-state index contributed by atoms with van der Waals surface area (Å²) in [6.07, 6.45) is 1.72. The molecule has 0 saturated carbocycles. The van der Waals surface area contributed by atoms with Gasteiger partial charge in [0.15, 0.2) is 11.5 Å². The van der Waals surface area contributed by atoms with Crippen LogP contribution in [0.1, 0.15) is 5.56 Å². The van der Waals surface area contributed by atoms with Crippen LogP contribution in [-0.4, -0.2) is 16.4 Å². The zero-order chi connectivity index (χ0) is 8.27. The third-order valence-electron chi connectivity index (χ3n) is 1.38. The summed E-state index contributed by atoms with van der Waals surface area (Å²) in [6.45, 7) is 0. The molecule has 0 amide bonds. The van der Waals surface area contributed by atoms with Gasteiger partial charge >= 0.3 is 0 Å². The maximum absolute atomic E-state index is 9.00. The van der Waals surface area contributed by atoms with Crippen molar-refractivity contribution in [1.29, 1.82) is 5.41 Å². The average Bonchev–Trinajstić information content (AvgIpc) is 1.98. The van der Waals surface area contributed by atoms with E-state index in [9.17, 15) is 0 Å². The highest BCUT2D eigenvalue weighted by molar-refractivity contribution is 5.59. The Morgan fingerprint density at radius 3 is 2.55 bits per heavy atom. The van der Waals surface area contributed by atoms with E-state index in [1.165, 1.54) is 18.3 Å². The van der Waals surface area contributed by atoms with Gasteiger partial charge in [0.25, 0.3) is 0 Å². The van der Waals surface area contributed by atoms with Gasteiger partial charge in [0.2, 0.25) is 0 Å². The first-order chi connectivity index (χ1) is 5.24. The van der Waals surface area contributed by atoms with E-state index in [1.54, 1.807) is 6.07 Å². The Kier molecular flexibility index (Phi) is 2.11. The molecule has 0 heterocycles. The minimum Gasteiger partial charge on any atom is -0.504 e. The van der Waals surface area contributed by atoms with E-state index < -0.39 is 0 Å². The molecule has 0 spiro atoms. The predicted molar refractivity (Wildman–Crippen MR) is 42.3 cm³/mol. The zero-order valence-electron chi connectivity index (χ0n) is 5.91. The second-order valence-corrected chi connectivity index (χ2v) is 2.23. The van der Waals surface area contributed by atoms with Gasteiger partial charge in [-0.15, -0.1) is 0 Å². The van der Waals surface area contributed by atoms with Gasteiger partial charge in [-0.05, 0) is 23.9 Å². The molecule has 0 saturated heterocycles. The van der Waals surface area contributed by atoms with Crippen LogP contribution in [0.25, 0.3) is 0 Å². The van der Waals surface area contributed by atoms with Crippen molar-refractivity contribution < 1.29 is 10.2 Å². The highest BCUT2D eigenvalue weighted by Crippen LogP contribution is 2.24. The number of hydrogen-bond donors (Lipinski definition) is 3. The van der Waals surface area contributed by atoms with Crippen LogP contribution in [-0.2, 0) is 6.42 Å². The number of hydrogen-bond acceptors (Lipinski definition) is 3. The monoisotopic (exact) mass is 151 g/mol. The van der Waals surface area contributed by atoms with Gasteiger partial charge in [-0.1, -0.05) is 6.07 Å². The van der Waals surface area contributed by atoms with Crippen molar-refractivity contribution in [1.82, 2.24) is 0 Å². The number of benzene rings is 1. The zero-order valence-corrected chi connectivity index (χ0v) is 5.91. The van der Waals surface area contributed by atoms with Crippen LogP contribution < -0.4 is 0 Å². The first-order valence-electron chi connectivity index (χ1n) is 3.24. The smallest absolute Gasteiger partial charge is 0.157 e. The fourth-order valence-corrected chi connectivity index (χ4v) is 0.814. The molecule has 1 aromatic carbocycles.